The second-order valence-corrected chi connectivity index (χ2v) is 9.46. The minimum absolute atomic E-state index is 0.170. The highest BCUT2D eigenvalue weighted by molar-refractivity contribution is 7.92. The van der Waals surface area contributed by atoms with Crippen LogP contribution in [0.15, 0.2) is 53.4 Å². The van der Waals surface area contributed by atoms with Crippen molar-refractivity contribution < 1.29 is 13.2 Å². The van der Waals surface area contributed by atoms with Crippen molar-refractivity contribution in [3.8, 4) is 0 Å². The van der Waals surface area contributed by atoms with Crippen molar-refractivity contribution in [2.75, 3.05) is 5.32 Å². The molecule has 0 unspecified atom stereocenters. The molecule has 0 radical (unpaired) electrons. The first-order chi connectivity index (χ1) is 13.5. The summed E-state index contributed by atoms with van der Waals surface area (Å²) in [7, 11) is -3.33. The number of nitrogens with zero attached hydrogens (tertiary/aromatic N) is 1. The summed E-state index contributed by atoms with van der Waals surface area (Å²) >= 11 is 0. The summed E-state index contributed by atoms with van der Waals surface area (Å²) in [6, 6.07) is 14.3. The van der Waals surface area contributed by atoms with Crippen molar-refractivity contribution in [2.45, 2.75) is 48.7 Å². The Morgan fingerprint density at radius 3 is 2.68 bits per heavy atom. The Morgan fingerprint density at radius 2 is 1.89 bits per heavy atom. The highest BCUT2D eigenvalue weighted by Gasteiger charge is 2.30. The molecule has 2 N–H and O–H groups in total. The van der Waals surface area contributed by atoms with Gasteiger partial charge >= 0.3 is 0 Å². The van der Waals surface area contributed by atoms with E-state index in [0.29, 0.717) is 12.1 Å². The topological polar surface area (TPSA) is 91.9 Å². The van der Waals surface area contributed by atoms with Crippen LogP contribution in [0.25, 0.3) is 11.0 Å². The monoisotopic (exact) mass is 397 g/mol. The molecule has 1 aliphatic carbocycles. The molecule has 0 aliphatic heterocycles. The molecule has 7 heteroatoms. The number of hydrogen-bond donors (Lipinski definition) is 2. The van der Waals surface area contributed by atoms with E-state index in [1.165, 1.54) is 0 Å². The summed E-state index contributed by atoms with van der Waals surface area (Å²) in [5, 5.41) is 2.50. The number of nitrogens with one attached hydrogen (secondary N) is 2. The van der Waals surface area contributed by atoms with Crippen LogP contribution < -0.4 is 5.32 Å². The van der Waals surface area contributed by atoms with Gasteiger partial charge in [0.1, 0.15) is 5.82 Å². The highest BCUT2D eigenvalue weighted by atomic mass is 32.2. The van der Waals surface area contributed by atoms with Gasteiger partial charge in [-0.05, 0) is 43.2 Å². The number of imidazole rings is 1. The van der Waals surface area contributed by atoms with Crippen LogP contribution in [0.4, 0.5) is 5.69 Å². The van der Waals surface area contributed by atoms with Gasteiger partial charge in [0.15, 0.2) is 9.84 Å². The van der Waals surface area contributed by atoms with E-state index >= 15 is 0 Å². The van der Waals surface area contributed by atoms with Crippen molar-refractivity contribution in [3.63, 3.8) is 0 Å². The van der Waals surface area contributed by atoms with E-state index in [9.17, 15) is 13.2 Å². The van der Waals surface area contributed by atoms with Gasteiger partial charge in [0, 0.05) is 18.5 Å². The maximum Gasteiger partial charge on any atom is 0.224 e. The number of sulfone groups is 1. The van der Waals surface area contributed by atoms with Gasteiger partial charge in [0.05, 0.1) is 21.2 Å². The van der Waals surface area contributed by atoms with Gasteiger partial charge < -0.3 is 10.3 Å². The maximum atomic E-state index is 12.7. The number of aromatic amines is 1. The first-order valence-electron chi connectivity index (χ1n) is 9.60. The Balaban J connectivity index is 1.40. The van der Waals surface area contributed by atoms with Crippen LogP contribution in [0, 0.1) is 0 Å². The fourth-order valence-corrected chi connectivity index (χ4v) is 5.62. The number of benzene rings is 2. The predicted molar refractivity (Wildman–Crippen MR) is 109 cm³/mol. The van der Waals surface area contributed by atoms with E-state index in [1.54, 1.807) is 24.3 Å². The molecule has 6 nitrogen and oxygen atoms in total. The van der Waals surface area contributed by atoms with Crippen LogP contribution in [0.2, 0.25) is 0 Å². The maximum absolute atomic E-state index is 12.7. The quantitative estimate of drug-likeness (QED) is 0.661. The second kappa shape index (κ2) is 7.75. The lowest BCUT2D eigenvalue weighted by Gasteiger charge is -2.12. The lowest BCUT2D eigenvalue weighted by atomic mass is 10.2. The summed E-state index contributed by atoms with van der Waals surface area (Å²) in [5.74, 6) is 0.588. The smallest absolute Gasteiger partial charge is 0.224 e. The average Bonchev–Trinajstić information content (AvgIpc) is 3.36. The van der Waals surface area contributed by atoms with Gasteiger partial charge in [-0.15, -0.1) is 0 Å². The molecule has 2 aromatic carbocycles. The minimum atomic E-state index is -3.33. The van der Waals surface area contributed by atoms with Crippen molar-refractivity contribution in [1.82, 2.24) is 9.97 Å². The molecule has 4 rings (SSSR count). The molecule has 1 aromatic heterocycles. The van der Waals surface area contributed by atoms with Gasteiger partial charge in [-0.1, -0.05) is 31.0 Å². The molecule has 1 heterocycles. The van der Waals surface area contributed by atoms with E-state index in [2.05, 4.69) is 15.3 Å². The zero-order valence-electron chi connectivity index (χ0n) is 15.5. The number of aromatic nitrogens is 2. The number of para-hydroxylation sites is 2. The fourth-order valence-electron chi connectivity index (χ4n) is 3.72. The molecule has 0 saturated heterocycles. The van der Waals surface area contributed by atoms with Crippen molar-refractivity contribution in [3.05, 3.63) is 54.4 Å². The Labute approximate surface area is 164 Å². The number of hydrogen-bond acceptors (Lipinski definition) is 4. The predicted octanol–water partition coefficient (Wildman–Crippen LogP) is 3.85. The molecule has 0 atom stereocenters. The number of rotatable bonds is 6. The molecular formula is C21H23N3O3S. The molecular weight excluding hydrogens is 374 g/mol. The molecule has 3 aromatic rings. The lowest BCUT2D eigenvalue weighted by molar-refractivity contribution is -0.116. The molecule has 0 bridgehead atoms. The van der Waals surface area contributed by atoms with E-state index in [1.807, 2.05) is 24.3 Å². The van der Waals surface area contributed by atoms with E-state index in [0.717, 1.165) is 42.5 Å². The summed E-state index contributed by atoms with van der Waals surface area (Å²) < 4.78 is 25.5. The van der Waals surface area contributed by atoms with Crippen molar-refractivity contribution in [1.29, 1.82) is 0 Å². The first-order valence-corrected chi connectivity index (χ1v) is 11.1. The number of amides is 1. The number of fused-ring (bicyclic) bond motifs is 1. The van der Waals surface area contributed by atoms with Crippen LogP contribution in [-0.2, 0) is 21.1 Å². The number of anilines is 1. The highest BCUT2D eigenvalue weighted by Crippen LogP contribution is 2.30. The molecule has 0 spiro atoms. The van der Waals surface area contributed by atoms with Crippen LogP contribution in [0.1, 0.15) is 37.9 Å². The number of carbonyl (C=O) groups excluding carboxylic acids is 1. The summed E-state index contributed by atoms with van der Waals surface area (Å²) in [6.45, 7) is 0. The number of aryl methyl sites for hydroxylation is 1. The Hall–Kier alpha value is -2.67. The zero-order valence-corrected chi connectivity index (χ0v) is 16.3. The molecule has 146 valence electrons. The van der Waals surface area contributed by atoms with E-state index < -0.39 is 9.84 Å². The van der Waals surface area contributed by atoms with Crippen LogP contribution in [0.3, 0.4) is 0 Å². The third-order valence-electron chi connectivity index (χ3n) is 5.21. The van der Waals surface area contributed by atoms with Crippen molar-refractivity contribution >= 4 is 32.5 Å². The average molecular weight is 398 g/mol. The number of carbonyl (C=O) groups is 1. The third kappa shape index (κ3) is 3.94. The molecule has 1 amide bonds. The van der Waals surface area contributed by atoms with Gasteiger partial charge in [0.25, 0.3) is 0 Å². The summed E-state index contributed by atoms with van der Waals surface area (Å²) in [4.78, 5) is 20.3. The first kappa shape index (κ1) is 18.7. The lowest BCUT2D eigenvalue weighted by Crippen LogP contribution is -2.18. The van der Waals surface area contributed by atoms with E-state index in [-0.39, 0.29) is 22.5 Å². The second-order valence-electron chi connectivity index (χ2n) is 7.23. The largest absolute Gasteiger partial charge is 0.342 e. The number of H-pyrrole nitrogens is 1. The van der Waals surface area contributed by atoms with E-state index in [4.69, 9.17) is 0 Å². The van der Waals surface area contributed by atoms with Gasteiger partial charge in [-0.2, -0.15) is 0 Å². The molecule has 1 fully saturated rings. The Bertz CT molecular complexity index is 1070. The standard InChI is InChI=1S/C21H23N3O3S/c25-21(13-12-20-23-18-10-3-4-11-19(18)24-20)22-15-6-5-9-17(14-15)28(26,27)16-7-1-2-8-16/h3-6,9-11,14,16H,1-2,7-8,12-13H2,(H,22,25)(H,23,24). The summed E-state index contributed by atoms with van der Waals surface area (Å²) in [6.07, 6.45) is 4.11. The van der Waals surface area contributed by atoms with Crippen LogP contribution >= 0.6 is 0 Å². The van der Waals surface area contributed by atoms with Gasteiger partial charge in [0.2, 0.25) is 5.91 Å². The molecule has 28 heavy (non-hydrogen) atoms. The fraction of sp³-hybridized carbons (Fsp3) is 0.333. The molecule has 1 aliphatic rings. The van der Waals surface area contributed by atoms with Crippen molar-refractivity contribution in [2.24, 2.45) is 0 Å². The zero-order chi connectivity index (χ0) is 19.6. The van der Waals surface area contributed by atoms with Crippen LogP contribution in [-0.4, -0.2) is 29.5 Å². The Kier molecular flexibility index (Phi) is 5.17. The molecule has 1 saturated carbocycles. The Morgan fingerprint density at radius 1 is 1.11 bits per heavy atom. The normalized spacial score (nSPS) is 15.1. The third-order valence-corrected chi connectivity index (χ3v) is 7.47. The SMILES string of the molecule is O=C(CCc1nc2ccccc2[nH]1)Nc1cccc(S(=O)(=O)C2CCCC2)c1. The minimum Gasteiger partial charge on any atom is -0.342 e. The van der Waals surface area contributed by atoms with Crippen LogP contribution in [0.5, 0.6) is 0 Å². The van der Waals surface area contributed by atoms with Gasteiger partial charge in [-0.3, -0.25) is 4.79 Å². The van der Waals surface area contributed by atoms with Gasteiger partial charge in [-0.25, -0.2) is 13.4 Å². The summed E-state index contributed by atoms with van der Waals surface area (Å²) in [5.41, 5.74) is 2.33.